The first-order valence-electron chi connectivity index (χ1n) is 6.27. The van der Waals surface area contributed by atoms with Crippen molar-refractivity contribution in [3.8, 4) is 0 Å². The number of piperidine rings is 1. The molecule has 4 heteroatoms. The van der Waals surface area contributed by atoms with Crippen molar-refractivity contribution in [3.05, 3.63) is 0 Å². The summed E-state index contributed by atoms with van der Waals surface area (Å²) in [5.74, 6) is 1.62. The SMILES string of the molecule is CCSC(C(=O)NC1CCCNC1)C(C)C. The molecule has 0 bridgehead atoms. The van der Waals surface area contributed by atoms with Crippen LogP contribution in [0.1, 0.15) is 33.6 Å². The highest BCUT2D eigenvalue weighted by Gasteiger charge is 2.24. The molecule has 0 aromatic rings. The van der Waals surface area contributed by atoms with E-state index in [-0.39, 0.29) is 11.2 Å². The van der Waals surface area contributed by atoms with Crippen molar-refractivity contribution >= 4 is 17.7 Å². The van der Waals surface area contributed by atoms with Crippen LogP contribution in [0.2, 0.25) is 0 Å². The van der Waals surface area contributed by atoms with Crippen LogP contribution in [-0.4, -0.2) is 36.0 Å². The predicted molar refractivity (Wildman–Crippen MR) is 70.8 cm³/mol. The molecule has 16 heavy (non-hydrogen) atoms. The number of nitrogens with one attached hydrogen (secondary N) is 2. The fourth-order valence-electron chi connectivity index (χ4n) is 2.01. The van der Waals surface area contributed by atoms with Crippen molar-refractivity contribution in [1.82, 2.24) is 10.6 Å². The second-order valence-electron chi connectivity index (χ2n) is 4.67. The molecule has 0 aromatic heterocycles. The minimum atomic E-state index is 0.104. The van der Waals surface area contributed by atoms with Crippen LogP contribution >= 0.6 is 11.8 Å². The topological polar surface area (TPSA) is 41.1 Å². The lowest BCUT2D eigenvalue weighted by Crippen LogP contribution is -2.49. The highest BCUT2D eigenvalue weighted by atomic mass is 32.2. The van der Waals surface area contributed by atoms with E-state index in [1.54, 1.807) is 11.8 Å². The maximum Gasteiger partial charge on any atom is 0.233 e. The zero-order valence-electron chi connectivity index (χ0n) is 10.6. The van der Waals surface area contributed by atoms with E-state index in [0.29, 0.717) is 12.0 Å². The van der Waals surface area contributed by atoms with Gasteiger partial charge in [0.1, 0.15) is 0 Å². The summed E-state index contributed by atoms with van der Waals surface area (Å²) in [6.45, 7) is 8.35. The van der Waals surface area contributed by atoms with Gasteiger partial charge in [-0.2, -0.15) is 0 Å². The summed E-state index contributed by atoms with van der Waals surface area (Å²) in [5.41, 5.74) is 0. The van der Waals surface area contributed by atoms with E-state index >= 15 is 0 Å². The Kier molecular flexibility index (Phi) is 6.21. The molecule has 1 aliphatic heterocycles. The van der Waals surface area contributed by atoms with Gasteiger partial charge in [-0.15, -0.1) is 11.8 Å². The summed E-state index contributed by atoms with van der Waals surface area (Å²) in [6, 6.07) is 0.333. The summed E-state index contributed by atoms with van der Waals surface area (Å²) in [7, 11) is 0. The van der Waals surface area contributed by atoms with Crippen LogP contribution in [0.15, 0.2) is 0 Å². The fraction of sp³-hybridized carbons (Fsp3) is 0.917. The lowest BCUT2D eigenvalue weighted by Gasteiger charge is -2.27. The molecule has 1 rings (SSSR count). The van der Waals surface area contributed by atoms with Gasteiger partial charge < -0.3 is 10.6 Å². The van der Waals surface area contributed by atoms with Gasteiger partial charge in [0.25, 0.3) is 0 Å². The summed E-state index contributed by atoms with van der Waals surface area (Å²) in [5, 5.41) is 6.59. The van der Waals surface area contributed by atoms with Crippen molar-refractivity contribution in [2.24, 2.45) is 5.92 Å². The van der Waals surface area contributed by atoms with Gasteiger partial charge in [-0.3, -0.25) is 4.79 Å². The summed E-state index contributed by atoms with van der Waals surface area (Å²) in [6.07, 6.45) is 2.28. The largest absolute Gasteiger partial charge is 0.351 e. The van der Waals surface area contributed by atoms with Gasteiger partial charge >= 0.3 is 0 Å². The minimum Gasteiger partial charge on any atom is -0.351 e. The zero-order valence-corrected chi connectivity index (χ0v) is 11.4. The van der Waals surface area contributed by atoms with Gasteiger partial charge in [0.15, 0.2) is 0 Å². The van der Waals surface area contributed by atoms with Gasteiger partial charge in [0.05, 0.1) is 5.25 Å². The minimum absolute atomic E-state index is 0.104. The van der Waals surface area contributed by atoms with Crippen LogP contribution in [0, 0.1) is 5.92 Å². The van der Waals surface area contributed by atoms with Gasteiger partial charge in [-0.05, 0) is 31.1 Å². The van der Waals surface area contributed by atoms with Crippen LogP contribution < -0.4 is 10.6 Å². The number of thioether (sulfide) groups is 1. The average molecular weight is 244 g/mol. The van der Waals surface area contributed by atoms with Crippen LogP contribution in [0.3, 0.4) is 0 Å². The molecule has 0 radical (unpaired) electrons. The normalized spacial score (nSPS) is 23.1. The Morgan fingerprint density at radius 2 is 2.31 bits per heavy atom. The first-order chi connectivity index (χ1) is 7.65. The van der Waals surface area contributed by atoms with E-state index < -0.39 is 0 Å². The van der Waals surface area contributed by atoms with E-state index in [1.165, 1.54) is 0 Å². The molecule has 2 N–H and O–H groups in total. The molecule has 0 aliphatic carbocycles. The Hall–Kier alpha value is -0.220. The van der Waals surface area contributed by atoms with Crippen molar-refractivity contribution in [2.75, 3.05) is 18.8 Å². The van der Waals surface area contributed by atoms with Crippen molar-refractivity contribution in [3.63, 3.8) is 0 Å². The van der Waals surface area contributed by atoms with Crippen molar-refractivity contribution in [1.29, 1.82) is 0 Å². The lowest BCUT2D eigenvalue weighted by atomic mass is 10.1. The number of rotatable bonds is 5. The molecule has 1 fully saturated rings. The predicted octanol–water partition coefficient (Wildman–Crippen LogP) is 1.63. The van der Waals surface area contributed by atoms with Gasteiger partial charge in [0.2, 0.25) is 5.91 Å². The Labute approximate surface area is 103 Å². The number of hydrogen-bond acceptors (Lipinski definition) is 3. The van der Waals surface area contributed by atoms with Crippen LogP contribution in [0.25, 0.3) is 0 Å². The molecule has 1 heterocycles. The smallest absolute Gasteiger partial charge is 0.233 e. The molecule has 1 saturated heterocycles. The Bertz CT molecular complexity index is 215. The second kappa shape index (κ2) is 7.17. The Balaban J connectivity index is 2.40. The van der Waals surface area contributed by atoms with Gasteiger partial charge in [-0.1, -0.05) is 20.8 Å². The molecule has 1 aliphatic rings. The van der Waals surface area contributed by atoms with E-state index in [1.807, 2.05) is 0 Å². The van der Waals surface area contributed by atoms with Crippen LogP contribution in [0.5, 0.6) is 0 Å². The quantitative estimate of drug-likeness (QED) is 0.772. The molecular weight excluding hydrogens is 220 g/mol. The third-order valence-corrected chi connectivity index (χ3v) is 4.30. The summed E-state index contributed by atoms with van der Waals surface area (Å²) >= 11 is 1.75. The first-order valence-corrected chi connectivity index (χ1v) is 7.32. The van der Waals surface area contributed by atoms with Crippen LogP contribution in [0.4, 0.5) is 0 Å². The van der Waals surface area contributed by atoms with Gasteiger partial charge in [0, 0.05) is 12.6 Å². The molecule has 94 valence electrons. The van der Waals surface area contributed by atoms with E-state index in [9.17, 15) is 4.79 Å². The van der Waals surface area contributed by atoms with Gasteiger partial charge in [-0.25, -0.2) is 0 Å². The molecule has 0 saturated carbocycles. The first kappa shape index (κ1) is 13.8. The molecule has 2 atom stereocenters. The third kappa shape index (κ3) is 4.34. The third-order valence-electron chi connectivity index (χ3n) is 2.85. The number of hydrogen-bond donors (Lipinski definition) is 2. The summed E-state index contributed by atoms with van der Waals surface area (Å²) in [4.78, 5) is 12.1. The van der Waals surface area contributed by atoms with Crippen molar-refractivity contribution in [2.45, 2.75) is 44.9 Å². The van der Waals surface area contributed by atoms with Crippen molar-refractivity contribution < 1.29 is 4.79 Å². The lowest BCUT2D eigenvalue weighted by molar-refractivity contribution is -0.122. The number of carbonyl (C=O) groups is 1. The Morgan fingerprint density at radius 3 is 2.81 bits per heavy atom. The maximum atomic E-state index is 12.1. The highest BCUT2D eigenvalue weighted by molar-refractivity contribution is 8.00. The second-order valence-corrected chi connectivity index (χ2v) is 6.09. The van der Waals surface area contributed by atoms with Crippen LogP contribution in [-0.2, 0) is 4.79 Å². The summed E-state index contributed by atoms with van der Waals surface area (Å²) < 4.78 is 0. The van der Waals surface area contributed by atoms with E-state index in [0.717, 1.165) is 31.7 Å². The molecule has 0 spiro atoms. The monoisotopic (exact) mass is 244 g/mol. The molecule has 0 aromatic carbocycles. The maximum absolute atomic E-state index is 12.1. The zero-order chi connectivity index (χ0) is 12.0. The van der Waals surface area contributed by atoms with E-state index in [2.05, 4.69) is 31.4 Å². The molecular formula is C12H24N2OS. The highest BCUT2D eigenvalue weighted by Crippen LogP contribution is 2.19. The number of amides is 1. The number of carbonyl (C=O) groups excluding carboxylic acids is 1. The molecule has 1 amide bonds. The Morgan fingerprint density at radius 1 is 1.56 bits per heavy atom. The molecule has 2 unspecified atom stereocenters. The van der Waals surface area contributed by atoms with E-state index in [4.69, 9.17) is 0 Å². The fourth-order valence-corrected chi connectivity index (χ4v) is 2.97. The average Bonchev–Trinajstić information content (AvgIpc) is 2.26. The standard InChI is InChI=1S/C12H24N2OS/c1-4-16-11(9(2)3)12(15)14-10-6-5-7-13-8-10/h9-11,13H,4-8H2,1-3H3,(H,14,15). The molecule has 3 nitrogen and oxygen atoms in total.